The van der Waals surface area contributed by atoms with Crippen LogP contribution in [0.2, 0.25) is 0 Å². The summed E-state index contributed by atoms with van der Waals surface area (Å²) < 4.78 is 0. The van der Waals surface area contributed by atoms with Crippen LogP contribution in [-0.2, 0) is 0 Å². The quantitative estimate of drug-likeness (QED) is 0.333. The fourth-order valence-corrected chi connectivity index (χ4v) is 0. The third-order valence-corrected chi connectivity index (χ3v) is 0. The third-order valence-electron chi connectivity index (χ3n) is 0. The summed E-state index contributed by atoms with van der Waals surface area (Å²) in [6.07, 6.45) is 0. The molecule has 0 heterocycles. The van der Waals surface area contributed by atoms with Gasteiger partial charge in [-0.3, -0.25) is 0 Å². The summed E-state index contributed by atoms with van der Waals surface area (Å²) in [5, 5.41) is 0. The maximum absolute atomic E-state index is 0. The first-order valence-electron chi connectivity index (χ1n) is 0. The number of hydrogen-bond acceptors (Lipinski definition) is 0. The van der Waals surface area contributed by atoms with Crippen molar-refractivity contribution in [1.29, 1.82) is 0 Å². The second kappa shape index (κ2) is 16.4. The van der Waals surface area contributed by atoms with E-state index in [1.54, 1.807) is 0 Å². The zero-order valence-electron chi connectivity index (χ0n) is 1.41. The van der Waals surface area contributed by atoms with Crippen LogP contribution in [0.4, 0.5) is 0 Å². The van der Waals surface area contributed by atoms with Gasteiger partial charge >= 0.3 is 94.5 Å². The van der Waals surface area contributed by atoms with Gasteiger partial charge in [-0.05, 0) is 0 Å². The molecule has 0 unspecified atom stereocenters. The molecule has 0 saturated heterocycles. The molecule has 0 saturated carbocycles. The molecule has 0 aromatic rings. The van der Waals surface area contributed by atoms with Crippen LogP contribution < -0.4 is 0 Å². The molecule has 0 nitrogen and oxygen atoms in total. The predicted molar refractivity (Wildman–Crippen MR) is 39.8 cm³/mol. The summed E-state index contributed by atoms with van der Waals surface area (Å²) >= 11 is 0. The maximum atomic E-state index is 0. The molecule has 4 heavy (non-hydrogen) atoms. The van der Waals surface area contributed by atoms with Crippen molar-refractivity contribution in [1.82, 2.24) is 0 Å². The normalized spacial score (nSPS) is 0. The standard InChI is InChI=1S/Ga.In.2Sb.12H. The summed E-state index contributed by atoms with van der Waals surface area (Å²) in [6, 6.07) is 0. The summed E-state index contributed by atoms with van der Waals surface area (Å²) in [4.78, 5) is 0. The average Bonchev–Trinajstić information content (AvgIpc) is 0. The summed E-state index contributed by atoms with van der Waals surface area (Å²) in [5.74, 6) is 0. The van der Waals surface area contributed by atoms with E-state index in [1.807, 2.05) is 0 Å². The topological polar surface area (TPSA) is 0 Å². The van der Waals surface area contributed by atoms with Crippen LogP contribution >= 0.6 is 0 Å². The van der Waals surface area contributed by atoms with Gasteiger partial charge in [-0.15, -0.1) is 0 Å². The molecule has 0 aliphatic heterocycles. The van der Waals surface area contributed by atoms with E-state index in [9.17, 15) is 0 Å². The van der Waals surface area contributed by atoms with Gasteiger partial charge in [0, 0.05) is 0 Å². The van der Waals surface area contributed by atoms with Gasteiger partial charge in [0.05, 0.1) is 0 Å². The van der Waals surface area contributed by atoms with E-state index in [-0.39, 0.29) is 94.5 Å². The minimum atomic E-state index is 0. The van der Waals surface area contributed by atoms with Gasteiger partial charge in [-0.25, -0.2) is 0 Å². The third kappa shape index (κ3) is 8.94. The molecule has 4 heteroatoms. The molecule has 0 bridgehead atoms. The monoisotopic (exact) mass is 438 g/mol. The molecular formula is H12GaInSb2. The number of rotatable bonds is 0. The molecule has 0 aliphatic rings. The summed E-state index contributed by atoms with van der Waals surface area (Å²) in [7, 11) is 0. The zero-order chi connectivity index (χ0) is 0. The second-order valence-corrected chi connectivity index (χ2v) is 0. The fraction of sp³-hybridized carbons (Fsp3) is 0. The molecule has 0 aromatic heterocycles. The van der Waals surface area contributed by atoms with Crippen LogP contribution in [0.1, 0.15) is 0 Å². The van der Waals surface area contributed by atoms with Crippen molar-refractivity contribution in [3.8, 4) is 0 Å². The van der Waals surface area contributed by atoms with Crippen molar-refractivity contribution in [2.45, 2.75) is 0 Å². The van der Waals surface area contributed by atoms with Gasteiger partial charge in [0.2, 0.25) is 0 Å². The molecule has 0 amide bonds. The van der Waals surface area contributed by atoms with E-state index >= 15 is 0 Å². The molecule has 0 spiro atoms. The molecule has 0 aromatic carbocycles. The molecule has 28 valence electrons. The van der Waals surface area contributed by atoms with Crippen LogP contribution in [0.3, 0.4) is 0 Å². The Morgan fingerprint density at radius 1 is 0.750 bits per heavy atom. The Bertz CT molecular complexity index is 6.00. The van der Waals surface area contributed by atoms with E-state index in [1.165, 1.54) is 0 Å². The first-order chi connectivity index (χ1) is 0. The van der Waals surface area contributed by atoms with Gasteiger partial charge in [-0.1, -0.05) is 0 Å². The van der Waals surface area contributed by atoms with Crippen molar-refractivity contribution in [2.75, 3.05) is 0 Å². The van der Waals surface area contributed by atoms with Crippen LogP contribution in [0, 0.1) is 0 Å². The molecule has 0 radical (unpaired) electrons. The predicted octanol–water partition coefficient (Wildman–Crippen LogP) is -4.74. The van der Waals surface area contributed by atoms with Crippen molar-refractivity contribution in [2.24, 2.45) is 0 Å². The number of hydrogen-bond donors (Lipinski definition) is 0. The average molecular weight is 440 g/mol. The Morgan fingerprint density at radius 2 is 0.750 bits per heavy atom. The minimum absolute atomic E-state index is 0. The Balaban J connectivity index is 0. The molecule has 0 rings (SSSR count). The fourth-order valence-electron chi connectivity index (χ4n) is 0. The van der Waals surface area contributed by atoms with Gasteiger partial charge in [0.15, 0.2) is 0 Å². The molecule has 0 fully saturated rings. The first kappa shape index (κ1) is 27.3. The Kier molecular flexibility index (Phi) is 112. The van der Waals surface area contributed by atoms with Crippen LogP contribution in [0.5, 0.6) is 0 Å². The van der Waals surface area contributed by atoms with E-state index < -0.39 is 0 Å². The van der Waals surface area contributed by atoms with E-state index in [4.69, 9.17) is 0 Å². The van der Waals surface area contributed by atoms with Gasteiger partial charge < -0.3 is 0 Å². The Hall–Kier alpha value is 3.14. The van der Waals surface area contributed by atoms with Crippen LogP contribution in [0.25, 0.3) is 0 Å². The molecule has 0 N–H and O–H groups in total. The summed E-state index contributed by atoms with van der Waals surface area (Å²) in [6.45, 7) is 0. The van der Waals surface area contributed by atoms with Crippen molar-refractivity contribution in [3.05, 3.63) is 0 Å². The van der Waals surface area contributed by atoms with Gasteiger partial charge in [-0.2, -0.15) is 0 Å². The molecule has 0 atom stereocenters. The van der Waals surface area contributed by atoms with E-state index in [0.29, 0.717) is 0 Å². The zero-order valence-corrected chi connectivity index (χ0v) is 9.49. The Labute approximate surface area is 92.6 Å². The van der Waals surface area contributed by atoms with Crippen LogP contribution in [0.15, 0.2) is 0 Å². The Morgan fingerprint density at radius 3 is 0.750 bits per heavy atom. The second-order valence-electron chi connectivity index (χ2n) is 0. The van der Waals surface area contributed by atoms with Gasteiger partial charge in [0.1, 0.15) is 0 Å². The van der Waals surface area contributed by atoms with Crippen molar-refractivity contribution >= 4 is 94.5 Å². The van der Waals surface area contributed by atoms with Gasteiger partial charge in [0.25, 0.3) is 0 Å². The van der Waals surface area contributed by atoms with Crippen molar-refractivity contribution < 1.29 is 0 Å². The SMILES string of the molecule is [GaH3].[InH3].[SbH3].[SbH3]. The molecule has 0 aliphatic carbocycles. The van der Waals surface area contributed by atoms with E-state index in [2.05, 4.69) is 0 Å². The van der Waals surface area contributed by atoms with Crippen LogP contribution in [-0.4, -0.2) is 94.5 Å². The summed E-state index contributed by atoms with van der Waals surface area (Å²) in [5.41, 5.74) is 0. The first-order valence-corrected chi connectivity index (χ1v) is 0. The van der Waals surface area contributed by atoms with Crippen molar-refractivity contribution in [3.63, 3.8) is 0 Å². The molecular weight excluding hydrogens is 428 g/mol. The van der Waals surface area contributed by atoms with E-state index in [0.717, 1.165) is 0 Å².